The number of halogens is 3. The fourth-order valence-electron chi connectivity index (χ4n) is 4.60. The van der Waals surface area contributed by atoms with Gasteiger partial charge in [-0.2, -0.15) is 5.10 Å². The molecule has 1 aromatic carbocycles. The minimum absolute atomic E-state index is 0.0369. The predicted octanol–water partition coefficient (Wildman–Crippen LogP) is 6.43. The highest BCUT2D eigenvalue weighted by atomic mass is 35.5. The Labute approximate surface area is 195 Å². The van der Waals surface area contributed by atoms with Crippen molar-refractivity contribution >= 4 is 34.2 Å². The summed E-state index contributed by atoms with van der Waals surface area (Å²) in [6.07, 6.45) is 10.9. The highest BCUT2D eigenvalue weighted by Gasteiger charge is 2.22. The lowest BCUT2D eigenvalue weighted by molar-refractivity contribution is 0.108. The van der Waals surface area contributed by atoms with Gasteiger partial charge in [0.1, 0.15) is 5.82 Å². The van der Waals surface area contributed by atoms with Crippen molar-refractivity contribution in [2.24, 2.45) is 0 Å². The average molecular weight is 473 g/mol. The van der Waals surface area contributed by atoms with Gasteiger partial charge in [0.25, 0.3) is 0 Å². The topological polar surface area (TPSA) is 55.9 Å². The second kappa shape index (κ2) is 8.50. The van der Waals surface area contributed by atoms with E-state index in [1.807, 2.05) is 47.0 Å². The average Bonchev–Trinajstić information content (AvgIpc) is 3.44. The molecular formula is C24H23Cl2FN4O. The van der Waals surface area contributed by atoms with Crippen LogP contribution in [0.2, 0.25) is 10.0 Å². The van der Waals surface area contributed by atoms with Crippen molar-refractivity contribution in [3.05, 3.63) is 70.5 Å². The number of pyridine rings is 1. The van der Waals surface area contributed by atoms with Crippen LogP contribution in [0.1, 0.15) is 50.3 Å². The number of hydrogen-bond donors (Lipinski definition) is 1. The van der Waals surface area contributed by atoms with Crippen LogP contribution in [-0.2, 0) is 0 Å². The summed E-state index contributed by atoms with van der Waals surface area (Å²) in [6, 6.07) is 6.82. The maximum atomic E-state index is 14.1. The van der Waals surface area contributed by atoms with Crippen LogP contribution in [0.4, 0.5) is 4.39 Å². The lowest BCUT2D eigenvalue weighted by Gasteiger charge is -2.25. The lowest BCUT2D eigenvalue weighted by Crippen LogP contribution is -2.21. The van der Waals surface area contributed by atoms with Crippen molar-refractivity contribution in [2.45, 2.75) is 50.8 Å². The maximum absolute atomic E-state index is 14.1. The summed E-state index contributed by atoms with van der Waals surface area (Å²) in [6.45, 7) is 1.94. The molecule has 5 nitrogen and oxygen atoms in total. The first-order chi connectivity index (χ1) is 15.4. The highest BCUT2D eigenvalue weighted by molar-refractivity contribution is 6.36. The molecule has 1 saturated carbocycles. The standard InChI is InChI=1S/C24H23Cl2FN4O/c1-14(23-19(25)6-7-20(27)24(23)26)30-9-8-21-22(30)10-15(11-28-21)16-12-29-31(13-16)17-2-4-18(32)5-3-17/h6-14,17-18,32H,2-5H2,1H3/t14-,17-,18-/m1/s1. The smallest absolute Gasteiger partial charge is 0.142 e. The normalized spacial score (nSPS) is 20.0. The Bertz CT molecular complexity index is 1280. The summed E-state index contributed by atoms with van der Waals surface area (Å²) in [5.74, 6) is -0.490. The van der Waals surface area contributed by atoms with E-state index in [0.29, 0.717) is 16.6 Å². The molecule has 0 unspecified atom stereocenters. The van der Waals surface area contributed by atoms with E-state index in [1.165, 1.54) is 12.1 Å². The molecule has 0 saturated heterocycles. The molecule has 0 aliphatic heterocycles. The summed E-state index contributed by atoms with van der Waals surface area (Å²) in [5, 5.41) is 14.8. The fourth-order valence-corrected chi connectivity index (χ4v) is 5.29. The molecule has 3 aromatic heterocycles. The molecule has 1 N–H and O–H groups in total. The van der Waals surface area contributed by atoms with Crippen LogP contribution in [0.15, 0.2) is 49.1 Å². The first-order valence-corrected chi connectivity index (χ1v) is 11.5. The largest absolute Gasteiger partial charge is 0.393 e. The van der Waals surface area contributed by atoms with Gasteiger partial charge in [-0.15, -0.1) is 0 Å². The van der Waals surface area contributed by atoms with Gasteiger partial charge in [-0.05, 0) is 56.9 Å². The van der Waals surface area contributed by atoms with E-state index >= 15 is 0 Å². The van der Waals surface area contributed by atoms with Gasteiger partial charge >= 0.3 is 0 Å². The SMILES string of the molecule is C[C@H](c1c(Cl)ccc(F)c1Cl)n1ccc2ncc(-c3cnn([C@H]4CC[C@H](O)CC4)c3)cc21. The molecule has 5 rings (SSSR count). The summed E-state index contributed by atoms with van der Waals surface area (Å²) in [7, 11) is 0. The predicted molar refractivity (Wildman–Crippen MR) is 125 cm³/mol. The number of nitrogens with zero attached hydrogens (tertiary/aromatic N) is 4. The van der Waals surface area contributed by atoms with E-state index in [4.69, 9.17) is 23.2 Å². The maximum Gasteiger partial charge on any atom is 0.142 e. The van der Waals surface area contributed by atoms with E-state index < -0.39 is 5.82 Å². The van der Waals surface area contributed by atoms with Crippen molar-refractivity contribution in [3.63, 3.8) is 0 Å². The van der Waals surface area contributed by atoms with Gasteiger partial charge in [0.15, 0.2) is 0 Å². The molecule has 0 bridgehead atoms. The van der Waals surface area contributed by atoms with Crippen molar-refractivity contribution in [1.82, 2.24) is 19.3 Å². The monoisotopic (exact) mass is 472 g/mol. The van der Waals surface area contributed by atoms with Crippen LogP contribution in [0, 0.1) is 5.82 Å². The molecule has 0 radical (unpaired) electrons. The van der Waals surface area contributed by atoms with E-state index in [9.17, 15) is 9.50 Å². The van der Waals surface area contributed by atoms with E-state index in [2.05, 4.69) is 16.1 Å². The fraction of sp³-hybridized carbons (Fsp3) is 0.333. The van der Waals surface area contributed by atoms with E-state index in [1.54, 1.807) is 0 Å². The van der Waals surface area contributed by atoms with Crippen LogP contribution in [-0.4, -0.2) is 30.5 Å². The summed E-state index contributed by atoms with van der Waals surface area (Å²) in [4.78, 5) is 4.62. The number of aliphatic hydroxyl groups is 1. The minimum atomic E-state index is -0.490. The van der Waals surface area contributed by atoms with Gasteiger partial charge < -0.3 is 9.67 Å². The molecule has 1 atom stereocenters. The molecule has 4 aromatic rings. The van der Waals surface area contributed by atoms with Crippen LogP contribution in [0.25, 0.3) is 22.2 Å². The van der Waals surface area contributed by atoms with Crippen molar-refractivity contribution in [2.75, 3.05) is 0 Å². The number of aromatic nitrogens is 4. The summed E-state index contributed by atoms with van der Waals surface area (Å²) in [5.41, 5.74) is 4.21. The molecule has 1 fully saturated rings. The van der Waals surface area contributed by atoms with Gasteiger partial charge in [0, 0.05) is 40.3 Å². The lowest BCUT2D eigenvalue weighted by atomic mass is 9.93. The van der Waals surface area contributed by atoms with Gasteiger partial charge in [-0.25, -0.2) is 4.39 Å². The molecule has 32 heavy (non-hydrogen) atoms. The Balaban J connectivity index is 1.49. The molecule has 166 valence electrons. The zero-order chi connectivity index (χ0) is 22.4. The zero-order valence-corrected chi connectivity index (χ0v) is 19.1. The van der Waals surface area contributed by atoms with Crippen LogP contribution in [0.5, 0.6) is 0 Å². The summed E-state index contributed by atoms with van der Waals surface area (Å²) < 4.78 is 18.1. The van der Waals surface area contributed by atoms with Gasteiger partial charge in [-0.1, -0.05) is 23.2 Å². The number of fused-ring (bicyclic) bond motifs is 1. The van der Waals surface area contributed by atoms with E-state index in [-0.39, 0.29) is 17.2 Å². The van der Waals surface area contributed by atoms with Crippen molar-refractivity contribution in [1.29, 1.82) is 0 Å². The molecule has 1 aliphatic rings. The van der Waals surface area contributed by atoms with Gasteiger partial charge in [-0.3, -0.25) is 9.67 Å². The number of rotatable bonds is 4. The number of hydrogen-bond acceptors (Lipinski definition) is 3. The first-order valence-electron chi connectivity index (χ1n) is 10.7. The summed E-state index contributed by atoms with van der Waals surface area (Å²) >= 11 is 12.6. The van der Waals surface area contributed by atoms with Crippen molar-refractivity contribution < 1.29 is 9.50 Å². The van der Waals surface area contributed by atoms with Crippen LogP contribution >= 0.6 is 23.2 Å². The van der Waals surface area contributed by atoms with Gasteiger partial charge in [0.05, 0.1) is 40.4 Å². The Morgan fingerprint density at radius 1 is 1.09 bits per heavy atom. The molecule has 0 spiro atoms. The highest BCUT2D eigenvalue weighted by Crippen LogP contribution is 2.36. The zero-order valence-electron chi connectivity index (χ0n) is 17.5. The van der Waals surface area contributed by atoms with Crippen LogP contribution in [0.3, 0.4) is 0 Å². The Morgan fingerprint density at radius 3 is 2.66 bits per heavy atom. The third-order valence-corrected chi connectivity index (χ3v) is 7.17. The van der Waals surface area contributed by atoms with Crippen LogP contribution < -0.4 is 0 Å². The Kier molecular flexibility index (Phi) is 5.70. The van der Waals surface area contributed by atoms with E-state index in [0.717, 1.165) is 47.8 Å². The van der Waals surface area contributed by atoms with Crippen molar-refractivity contribution in [3.8, 4) is 11.1 Å². The third kappa shape index (κ3) is 3.81. The number of aliphatic hydroxyl groups excluding tert-OH is 1. The third-order valence-electron chi connectivity index (χ3n) is 6.46. The molecule has 1 aliphatic carbocycles. The quantitative estimate of drug-likeness (QED) is 0.348. The molecule has 8 heteroatoms. The number of benzene rings is 1. The molecule has 0 amide bonds. The minimum Gasteiger partial charge on any atom is -0.393 e. The molecule has 3 heterocycles. The van der Waals surface area contributed by atoms with Gasteiger partial charge in [0.2, 0.25) is 0 Å². The first kappa shape index (κ1) is 21.4. The Morgan fingerprint density at radius 2 is 1.88 bits per heavy atom. The Hall–Kier alpha value is -2.41. The second-order valence-electron chi connectivity index (χ2n) is 8.46. The molecular weight excluding hydrogens is 450 g/mol. The second-order valence-corrected chi connectivity index (χ2v) is 9.24.